The van der Waals surface area contributed by atoms with Crippen molar-refractivity contribution in [3.63, 3.8) is 0 Å². The summed E-state index contributed by atoms with van der Waals surface area (Å²) in [7, 11) is 0. The number of hydrogen-bond acceptors (Lipinski definition) is 4. The molecule has 2 aromatic rings. The molecular weight excluding hydrogens is 308 g/mol. The average molecular weight is 325 g/mol. The summed E-state index contributed by atoms with van der Waals surface area (Å²) in [6.07, 6.45) is 7.14. The molecule has 0 saturated heterocycles. The van der Waals surface area contributed by atoms with Crippen molar-refractivity contribution in [3.8, 4) is 0 Å². The van der Waals surface area contributed by atoms with E-state index in [1.165, 1.54) is 25.7 Å². The van der Waals surface area contributed by atoms with E-state index in [0.29, 0.717) is 25.2 Å². The van der Waals surface area contributed by atoms with Gasteiger partial charge in [-0.15, -0.1) is 0 Å². The highest BCUT2D eigenvalue weighted by molar-refractivity contribution is 9.10. The van der Waals surface area contributed by atoms with Gasteiger partial charge in [-0.2, -0.15) is 0 Å². The number of nitrogen functional groups attached to an aromatic ring is 1. The predicted octanol–water partition coefficient (Wildman–Crippen LogP) is 2.74. The van der Waals surface area contributed by atoms with Crippen LogP contribution in [0, 0.1) is 0 Å². The lowest BCUT2D eigenvalue weighted by Gasteiger charge is -2.12. The lowest BCUT2D eigenvalue weighted by atomic mass is 10.3. The predicted molar refractivity (Wildman–Crippen MR) is 77.8 cm³/mol. The van der Waals surface area contributed by atoms with Crippen molar-refractivity contribution in [2.24, 2.45) is 0 Å². The number of ether oxygens (including phenoxy) is 1. The number of hydrogen-bond donors (Lipinski definition) is 1. The van der Waals surface area contributed by atoms with Crippen molar-refractivity contribution in [2.75, 3.05) is 12.3 Å². The first-order valence-corrected chi connectivity index (χ1v) is 7.42. The summed E-state index contributed by atoms with van der Waals surface area (Å²) < 4.78 is 8.69. The van der Waals surface area contributed by atoms with Crippen LogP contribution >= 0.6 is 15.9 Å². The van der Waals surface area contributed by atoms with E-state index in [4.69, 9.17) is 10.5 Å². The Morgan fingerprint density at radius 1 is 1.42 bits per heavy atom. The molecule has 1 fully saturated rings. The van der Waals surface area contributed by atoms with Crippen molar-refractivity contribution in [3.05, 3.63) is 16.7 Å². The lowest BCUT2D eigenvalue weighted by Crippen LogP contribution is -2.14. The number of fused-ring (bicyclic) bond motifs is 1. The minimum atomic E-state index is 0.429. The Labute approximate surface area is 120 Å². The molecular formula is C13H17BrN4O. The van der Waals surface area contributed by atoms with Crippen LogP contribution in [-0.2, 0) is 11.3 Å². The Bertz CT molecular complexity index is 577. The summed E-state index contributed by atoms with van der Waals surface area (Å²) in [4.78, 5) is 8.69. The zero-order chi connectivity index (χ0) is 13.2. The highest BCUT2D eigenvalue weighted by atomic mass is 79.9. The Hall–Kier alpha value is -1.14. The molecule has 102 valence electrons. The largest absolute Gasteiger partial charge is 0.376 e. The highest BCUT2D eigenvalue weighted by Gasteiger charge is 2.16. The first kappa shape index (κ1) is 12.9. The second kappa shape index (κ2) is 5.46. The number of halogens is 1. The Balaban J connectivity index is 1.71. The van der Waals surface area contributed by atoms with Crippen LogP contribution in [0.1, 0.15) is 25.7 Å². The van der Waals surface area contributed by atoms with Crippen LogP contribution in [0.4, 0.5) is 5.95 Å². The number of rotatable bonds is 4. The molecule has 0 radical (unpaired) electrons. The van der Waals surface area contributed by atoms with Crippen molar-refractivity contribution < 1.29 is 4.74 Å². The third-order valence-corrected chi connectivity index (χ3v) is 3.99. The zero-order valence-corrected chi connectivity index (χ0v) is 12.3. The number of nitrogens with two attached hydrogens (primary N) is 1. The molecule has 2 N–H and O–H groups in total. The van der Waals surface area contributed by atoms with Crippen LogP contribution < -0.4 is 5.73 Å². The molecule has 0 bridgehead atoms. The second-order valence-corrected chi connectivity index (χ2v) is 5.81. The third-order valence-electron chi connectivity index (χ3n) is 3.55. The summed E-state index contributed by atoms with van der Waals surface area (Å²) in [5, 5.41) is 0. The summed E-state index contributed by atoms with van der Waals surface area (Å²) >= 11 is 3.39. The van der Waals surface area contributed by atoms with Gasteiger partial charge in [-0.05, 0) is 34.8 Å². The van der Waals surface area contributed by atoms with Crippen LogP contribution in [0.15, 0.2) is 16.7 Å². The fraction of sp³-hybridized carbons (Fsp3) is 0.538. The molecule has 2 aromatic heterocycles. The first-order chi connectivity index (χ1) is 9.24. The van der Waals surface area contributed by atoms with Gasteiger partial charge in [0.15, 0.2) is 5.65 Å². The molecule has 1 aliphatic carbocycles. The van der Waals surface area contributed by atoms with E-state index < -0.39 is 0 Å². The van der Waals surface area contributed by atoms with Crippen LogP contribution in [0.5, 0.6) is 0 Å². The van der Waals surface area contributed by atoms with Crippen molar-refractivity contribution in [1.29, 1.82) is 0 Å². The smallest absolute Gasteiger partial charge is 0.202 e. The maximum Gasteiger partial charge on any atom is 0.202 e. The molecule has 0 atom stereocenters. The van der Waals surface area contributed by atoms with Gasteiger partial charge in [0.05, 0.1) is 19.3 Å². The normalized spacial score (nSPS) is 16.5. The molecule has 0 amide bonds. The molecule has 19 heavy (non-hydrogen) atoms. The number of imidazole rings is 1. The van der Waals surface area contributed by atoms with Crippen LogP contribution in [0.25, 0.3) is 11.2 Å². The quantitative estimate of drug-likeness (QED) is 0.939. The fourth-order valence-electron chi connectivity index (χ4n) is 2.59. The van der Waals surface area contributed by atoms with Crippen LogP contribution in [0.2, 0.25) is 0 Å². The first-order valence-electron chi connectivity index (χ1n) is 6.63. The monoisotopic (exact) mass is 324 g/mol. The Kier molecular flexibility index (Phi) is 3.70. The van der Waals surface area contributed by atoms with Gasteiger partial charge in [0.1, 0.15) is 5.52 Å². The summed E-state index contributed by atoms with van der Waals surface area (Å²) in [6.45, 7) is 1.37. The highest BCUT2D eigenvalue weighted by Crippen LogP contribution is 2.22. The topological polar surface area (TPSA) is 66.0 Å². The maximum atomic E-state index is 5.94. The third kappa shape index (κ3) is 2.74. The van der Waals surface area contributed by atoms with Gasteiger partial charge in [0.25, 0.3) is 0 Å². The van der Waals surface area contributed by atoms with Gasteiger partial charge in [-0.3, -0.25) is 4.57 Å². The van der Waals surface area contributed by atoms with E-state index in [1.54, 1.807) is 6.20 Å². The van der Waals surface area contributed by atoms with Gasteiger partial charge in [-0.1, -0.05) is 12.8 Å². The number of aromatic nitrogens is 3. The fourth-order valence-corrected chi connectivity index (χ4v) is 2.91. The molecule has 0 aliphatic heterocycles. The van der Waals surface area contributed by atoms with E-state index in [-0.39, 0.29) is 0 Å². The summed E-state index contributed by atoms with van der Waals surface area (Å²) in [5.74, 6) is 0.496. The van der Waals surface area contributed by atoms with Crippen molar-refractivity contribution in [1.82, 2.24) is 14.5 Å². The SMILES string of the molecule is Nc1nc2cc(Br)cnc2n1CCOC1CCCC1. The molecule has 1 aliphatic rings. The number of nitrogens with zero attached hydrogens (tertiary/aromatic N) is 3. The number of pyridine rings is 1. The van der Waals surface area contributed by atoms with Crippen molar-refractivity contribution in [2.45, 2.75) is 38.3 Å². The lowest BCUT2D eigenvalue weighted by molar-refractivity contribution is 0.0536. The summed E-state index contributed by atoms with van der Waals surface area (Å²) in [6, 6.07) is 1.92. The molecule has 0 spiro atoms. The number of anilines is 1. The van der Waals surface area contributed by atoms with E-state index in [1.807, 2.05) is 10.6 Å². The van der Waals surface area contributed by atoms with E-state index in [2.05, 4.69) is 25.9 Å². The Morgan fingerprint density at radius 2 is 2.21 bits per heavy atom. The molecule has 0 unspecified atom stereocenters. The molecule has 0 aromatic carbocycles. The molecule has 1 saturated carbocycles. The molecule has 5 nitrogen and oxygen atoms in total. The van der Waals surface area contributed by atoms with Gasteiger partial charge in [-0.25, -0.2) is 9.97 Å². The molecule has 3 rings (SSSR count). The maximum absolute atomic E-state index is 5.94. The van der Waals surface area contributed by atoms with E-state index in [0.717, 1.165) is 15.6 Å². The van der Waals surface area contributed by atoms with Gasteiger partial charge in [0, 0.05) is 10.7 Å². The standard InChI is InChI=1S/C13H17BrN4O/c14-9-7-11-12(16-8-9)18(13(15)17-11)5-6-19-10-3-1-2-4-10/h7-8,10H,1-6H2,(H2,15,17). The zero-order valence-electron chi connectivity index (χ0n) is 10.7. The van der Waals surface area contributed by atoms with E-state index in [9.17, 15) is 0 Å². The second-order valence-electron chi connectivity index (χ2n) is 4.90. The van der Waals surface area contributed by atoms with Crippen LogP contribution in [-0.4, -0.2) is 27.2 Å². The summed E-state index contributed by atoms with van der Waals surface area (Å²) in [5.41, 5.74) is 7.57. The average Bonchev–Trinajstić information content (AvgIpc) is 2.98. The van der Waals surface area contributed by atoms with Gasteiger partial charge in [0.2, 0.25) is 5.95 Å². The minimum absolute atomic E-state index is 0.429. The van der Waals surface area contributed by atoms with E-state index >= 15 is 0 Å². The van der Waals surface area contributed by atoms with Gasteiger partial charge >= 0.3 is 0 Å². The molecule has 2 heterocycles. The van der Waals surface area contributed by atoms with Crippen LogP contribution in [0.3, 0.4) is 0 Å². The Morgan fingerprint density at radius 3 is 3.00 bits per heavy atom. The minimum Gasteiger partial charge on any atom is -0.376 e. The van der Waals surface area contributed by atoms with Gasteiger partial charge < -0.3 is 10.5 Å². The van der Waals surface area contributed by atoms with Crippen molar-refractivity contribution >= 4 is 33.0 Å². The molecule has 6 heteroatoms.